The van der Waals surface area contributed by atoms with Crippen molar-refractivity contribution in [3.63, 3.8) is 0 Å². The Hall–Kier alpha value is -1.51. The highest BCUT2D eigenvalue weighted by Crippen LogP contribution is 2.30. The normalized spacial score (nSPS) is 11.1. The highest BCUT2D eigenvalue weighted by atomic mass is 32.2. The van der Waals surface area contributed by atoms with Crippen molar-refractivity contribution in [2.75, 3.05) is 5.32 Å². The summed E-state index contributed by atoms with van der Waals surface area (Å²) in [5.74, 6) is 0.511. The third-order valence-corrected chi connectivity index (χ3v) is 5.77. The summed E-state index contributed by atoms with van der Waals surface area (Å²) in [5, 5.41) is 15.3. The number of hydrogen-bond acceptors (Lipinski definition) is 7. The SMILES string of the molecule is CC(C)Nc1nnc(SCc2csc(-c3ccc(F)cc3)n2)s1. The first-order valence-electron chi connectivity index (χ1n) is 7.03. The monoisotopic (exact) mass is 366 g/mol. The number of halogens is 1. The first-order valence-corrected chi connectivity index (χ1v) is 9.71. The number of anilines is 1. The van der Waals surface area contributed by atoms with E-state index in [-0.39, 0.29) is 5.82 Å². The molecular formula is C15H15FN4S3. The lowest BCUT2D eigenvalue weighted by Crippen LogP contribution is -2.08. The number of nitrogens with zero attached hydrogens (tertiary/aromatic N) is 3. The number of thioether (sulfide) groups is 1. The minimum absolute atomic E-state index is 0.233. The summed E-state index contributed by atoms with van der Waals surface area (Å²) in [4.78, 5) is 4.60. The van der Waals surface area contributed by atoms with Crippen molar-refractivity contribution in [1.29, 1.82) is 0 Å². The van der Waals surface area contributed by atoms with Crippen LogP contribution in [0.15, 0.2) is 34.0 Å². The molecule has 1 aromatic carbocycles. The lowest BCUT2D eigenvalue weighted by molar-refractivity contribution is 0.628. The second kappa shape index (κ2) is 7.37. The van der Waals surface area contributed by atoms with Gasteiger partial charge < -0.3 is 5.32 Å². The van der Waals surface area contributed by atoms with Crippen molar-refractivity contribution in [3.8, 4) is 10.6 Å². The molecule has 23 heavy (non-hydrogen) atoms. The zero-order valence-electron chi connectivity index (χ0n) is 12.6. The fraction of sp³-hybridized carbons (Fsp3) is 0.267. The molecule has 0 spiro atoms. The quantitative estimate of drug-likeness (QED) is 0.628. The van der Waals surface area contributed by atoms with Gasteiger partial charge in [0.25, 0.3) is 0 Å². The maximum atomic E-state index is 13.0. The van der Waals surface area contributed by atoms with Crippen LogP contribution < -0.4 is 5.32 Å². The fourth-order valence-electron chi connectivity index (χ4n) is 1.81. The minimum Gasteiger partial charge on any atom is -0.358 e. The Morgan fingerprint density at radius 2 is 2.00 bits per heavy atom. The molecule has 0 fully saturated rings. The molecule has 0 atom stereocenters. The predicted octanol–water partition coefficient (Wildman–Crippen LogP) is 4.91. The van der Waals surface area contributed by atoms with Crippen LogP contribution in [0.2, 0.25) is 0 Å². The second-order valence-corrected chi connectivity index (χ2v) is 8.17. The van der Waals surface area contributed by atoms with Crippen LogP contribution in [0, 0.1) is 5.82 Å². The molecule has 8 heteroatoms. The maximum absolute atomic E-state index is 13.0. The molecule has 0 amide bonds. The summed E-state index contributed by atoms with van der Waals surface area (Å²) >= 11 is 4.74. The largest absolute Gasteiger partial charge is 0.358 e. The van der Waals surface area contributed by atoms with Gasteiger partial charge in [0, 0.05) is 22.7 Å². The van der Waals surface area contributed by atoms with E-state index >= 15 is 0 Å². The number of nitrogens with one attached hydrogen (secondary N) is 1. The van der Waals surface area contributed by atoms with E-state index in [0.717, 1.165) is 31.5 Å². The van der Waals surface area contributed by atoms with Crippen LogP contribution in [0.4, 0.5) is 9.52 Å². The molecule has 1 N–H and O–H groups in total. The van der Waals surface area contributed by atoms with Crippen LogP contribution in [0.1, 0.15) is 19.5 Å². The van der Waals surface area contributed by atoms with Gasteiger partial charge in [-0.2, -0.15) is 0 Å². The summed E-state index contributed by atoms with van der Waals surface area (Å²) in [6.45, 7) is 4.14. The molecule has 0 bridgehead atoms. The van der Waals surface area contributed by atoms with Gasteiger partial charge in [-0.05, 0) is 38.1 Å². The molecule has 0 aliphatic carbocycles. The van der Waals surface area contributed by atoms with Gasteiger partial charge in [-0.1, -0.05) is 23.1 Å². The Balaban J connectivity index is 1.61. The van der Waals surface area contributed by atoms with Gasteiger partial charge in [0.05, 0.1) is 5.69 Å². The fourth-order valence-corrected chi connectivity index (χ4v) is 4.53. The Labute approximate surface area is 146 Å². The average molecular weight is 367 g/mol. The maximum Gasteiger partial charge on any atom is 0.206 e. The van der Waals surface area contributed by atoms with Crippen LogP contribution in [-0.4, -0.2) is 21.2 Å². The zero-order valence-corrected chi connectivity index (χ0v) is 15.1. The Morgan fingerprint density at radius 1 is 1.22 bits per heavy atom. The van der Waals surface area contributed by atoms with Gasteiger partial charge in [0.15, 0.2) is 4.34 Å². The lowest BCUT2D eigenvalue weighted by atomic mass is 10.2. The highest BCUT2D eigenvalue weighted by Gasteiger charge is 2.09. The van der Waals surface area contributed by atoms with E-state index in [1.807, 2.05) is 5.38 Å². The van der Waals surface area contributed by atoms with Crippen LogP contribution in [-0.2, 0) is 5.75 Å². The molecule has 0 radical (unpaired) electrons. The van der Waals surface area contributed by atoms with E-state index in [4.69, 9.17) is 0 Å². The Kier molecular flexibility index (Phi) is 5.24. The van der Waals surface area contributed by atoms with Crippen LogP contribution >= 0.6 is 34.4 Å². The van der Waals surface area contributed by atoms with E-state index in [0.29, 0.717) is 6.04 Å². The predicted molar refractivity (Wildman–Crippen MR) is 95.7 cm³/mol. The van der Waals surface area contributed by atoms with Gasteiger partial charge in [-0.25, -0.2) is 9.37 Å². The van der Waals surface area contributed by atoms with Crippen LogP contribution in [0.25, 0.3) is 10.6 Å². The van der Waals surface area contributed by atoms with Gasteiger partial charge in [-0.15, -0.1) is 21.5 Å². The topological polar surface area (TPSA) is 50.7 Å². The van der Waals surface area contributed by atoms with Crippen molar-refractivity contribution in [2.24, 2.45) is 0 Å². The number of thiazole rings is 1. The summed E-state index contributed by atoms with van der Waals surface area (Å²) in [7, 11) is 0. The van der Waals surface area contributed by atoms with Crippen molar-refractivity contribution >= 4 is 39.6 Å². The number of rotatable bonds is 6. The molecule has 0 aliphatic rings. The third-order valence-electron chi connectivity index (χ3n) is 2.81. The van der Waals surface area contributed by atoms with E-state index < -0.39 is 0 Å². The van der Waals surface area contributed by atoms with E-state index in [1.54, 1.807) is 46.6 Å². The summed E-state index contributed by atoms with van der Waals surface area (Å²) in [6, 6.07) is 6.75. The molecule has 0 saturated heterocycles. The minimum atomic E-state index is -0.233. The summed E-state index contributed by atoms with van der Waals surface area (Å²) in [6.07, 6.45) is 0. The summed E-state index contributed by atoms with van der Waals surface area (Å²) < 4.78 is 13.9. The Morgan fingerprint density at radius 3 is 2.74 bits per heavy atom. The standard InChI is InChI=1S/C15H15FN4S3/c1-9(2)17-14-19-20-15(23-14)22-8-12-7-21-13(18-12)10-3-5-11(16)6-4-10/h3-7,9H,8H2,1-2H3,(H,17,19). The first kappa shape index (κ1) is 16.4. The van der Waals surface area contributed by atoms with Gasteiger partial charge in [0.1, 0.15) is 10.8 Å². The van der Waals surface area contributed by atoms with Crippen molar-refractivity contribution in [3.05, 3.63) is 41.2 Å². The average Bonchev–Trinajstić information content (AvgIpc) is 3.14. The lowest BCUT2D eigenvalue weighted by Gasteiger charge is -2.02. The second-order valence-electron chi connectivity index (χ2n) is 5.11. The smallest absolute Gasteiger partial charge is 0.206 e. The van der Waals surface area contributed by atoms with E-state index in [9.17, 15) is 4.39 Å². The van der Waals surface area contributed by atoms with Crippen molar-refractivity contribution in [1.82, 2.24) is 15.2 Å². The van der Waals surface area contributed by atoms with Crippen LogP contribution in [0.5, 0.6) is 0 Å². The zero-order chi connectivity index (χ0) is 16.2. The van der Waals surface area contributed by atoms with Gasteiger partial charge in [0.2, 0.25) is 5.13 Å². The van der Waals surface area contributed by atoms with E-state index in [2.05, 4.69) is 34.3 Å². The van der Waals surface area contributed by atoms with Crippen molar-refractivity contribution < 1.29 is 4.39 Å². The van der Waals surface area contributed by atoms with Gasteiger partial charge in [-0.3, -0.25) is 0 Å². The van der Waals surface area contributed by atoms with Crippen LogP contribution in [0.3, 0.4) is 0 Å². The molecular weight excluding hydrogens is 351 g/mol. The molecule has 0 unspecified atom stereocenters. The number of benzene rings is 1. The number of aromatic nitrogens is 3. The van der Waals surface area contributed by atoms with E-state index in [1.165, 1.54) is 12.1 Å². The number of hydrogen-bond donors (Lipinski definition) is 1. The molecule has 0 saturated carbocycles. The molecule has 0 aliphatic heterocycles. The molecule has 3 rings (SSSR count). The Bertz CT molecular complexity index is 767. The first-order chi connectivity index (χ1) is 11.1. The molecule has 4 nitrogen and oxygen atoms in total. The summed E-state index contributed by atoms with van der Waals surface area (Å²) in [5.41, 5.74) is 1.93. The molecule has 120 valence electrons. The molecule has 3 aromatic rings. The molecule has 2 heterocycles. The van der Waals surface area contributed by atoms with Gasteiger partial charge >= 0.3 is 0 Å². The molecule has 2 aromatic heterocycles. The highest BCUT2D eigenvalue weighted by molar-refractivity contribution is 8.00. The third kappa shape index (κ3) is 4.49. The van der Waals surface area contributed by atoms with Crippen molar-refractivity contribution in [2.45, 2.75) is 30.0 Å².